The summed E-state index contributed by atoms with van der Waals surface area (Å²) in [5.74, 6) is -0.0494. The van der Waals surface area contributed by atoms with Crippen LogP contribution in [0.3, 0.4) is 0 Å². The van der Waals surface area contributed by atoms with Gasteiger partial charge in [-0.25, -0.2) is 9.37 Å². The zero-order valence-electron chi connectivity index (χ0n) is 15.3. The van der Waals surface area contributed by atoms with Gasteiger partial charge in [0.1, 0.15) is 17.2 Å². The van der Waals surface area contributed by atoms with Gasteiger partial charge >= 0.3 is 0 Å². The Bertz CT molecular complexity index is 1150. The number of hydrogen-bond acceptors (Lipinski definition) is 4. The van der Waals surface area contributed by atoms with Gasteiger partial charge in [0, 0.05) is 30.8 Å². The maximum atomic E-state index is 13.5. The summed E-state index contributed by atoms with van der Waals surface area (Å²) in [6.45, 7) is 0.613. The van der Waals surface area contributed by atoms with E-state index in [9.17, 15) is 14.0 Å². The molecule has 0 spiro atoms. The largest absolute Gasteiger partial charge is 0.496 e. The topological polar surface area (TPSA) is 63.9 Å². The van der Waals surface area contributed by atoms with Crippen molar-refractivity contribution in [1.29, 1.82) is 0 Å². The summed E-state index contributed by atoms with van der Waals surface area (Å²) in [5.41, 5.74) is 1.94. The Morgan fingerprint density at radius 1 is 1.25 bits per heavy atom. The molecule has 0 radical (unpaired) electrons. The number of nitrogens with zero attached hydrogens (tertiary/aromatic N) is 3. The van der Waals surface area contributed by atoms with Crippen LogP contribution in [0.1, 0.15) is 16.8 Å². The van der Waals surface area contributed by atoms with E-state index in [-0.39, 0.29) is 18.0 Å². The van der Waals surface area contributed by atoms with E-state index in [1.807, 2.05) is 24.3 Å². The molecular weight excluding hydrogens is 361 g/mol. The Hall–Kier alpha value is -3.48. The zero-order chi connectivity index (χ0) is 19.7. The Balaban J connectivity index is 1.60. The summed E-state index contributed by atoms with van der Waals surface area (Å²) in [6, 6.07) is 10.1. The first-order chi connectivity index (χ1) is 13.6. The van der Waals surface area contributed by atoms with E-state index in [1.165, 1.54) is 22.6 Å². The molecule has 1 aliphatic heterocycles. The average Bonchev–Trinajstić information content (AvgIpc) is 2.72. The summed E-state index contributed by atoms with van der Waals surface area (Å²) in [7, 11) is 1.57. The predicted octanol–water partition coefficient (Wildman–Crippen LogP) is 2.44. The standard InChI is InChI=1S/C21H18FN3O3/c1-28-18-5-3-2-4-14(18)6-9-20(26)24-11-10-17-16(13-24)21(27)25-12-15(22)7-8-19(25)23-17/h2-9,12H,10-11,13H2,1H3/b9-6+. The number of hydrogen-bond donors (Lipinski definition) is 0. The van der Waals surface area contributed by atoms with Gasteiger partial charge in [0.15, 0.2) is 0 Å². The fraction of sp³-hybridized carbons (Fsp3) is 0.190. The van der Waals surface area contributed by atoms with Crippen LogP contribution in [0.15, 0.2) is 53.5 Å². The zero-order valence-corrected chi connectivity index (χ0v) is 15.3. The molecule has 0 saturated heterocycles. The molecule has 0 bridgehead atoms. The molecule has 3 aromatic rings. The van der Waals surface area contributed by atoms with Crippen LogP contribution < -0.4 is 10.3 Å². The lowest BCUT2D eigenvalue weighted by atomic mass is 10.1. The summed E-state index contributed by atoms with van der Waals surface area (Å²) < 4.78 is 20.0. The number of para-hydroxylation sites is 1. The van der Waals surface area contributed by atoms with Gasteiger partial charge in [-0.15, -0.1) is 0 Å². The molecular formula is C21H18FN3O3. The molecule has 4 rings (SSSR count). The molecule has 1 amide bonds. The van der Waals surface area contributed by atoms with Crippen molar-refractivity contribution in [3.05, 3.63) is 81.7 Å². The van der Waals surface area contributed by atoms with E-state index < -0.39 is 5.82 Å². The molecule has 0 N–H and O–H groups in total. The molecule has 6 nitrogen and oxygen atoms in total. The van der Waals surface area contributed by atoms with Crippen LogP contribution in [0.2, 0.25) is 0 Å². The van der Waals surface area contributed by atoms with E-state index in [0.29, 0.717) is 35.6 Å². The van der Waals surface area contributed by atoms with Crippen molar-refractivity contribution < 1.29 is 13.9 Å². The summed E-state index contributed by atoms with van der Waals surface area (Å²) >= 11 is 0. The van der Waals surface area contributed by atoms with Gasteiger partial charge < -0.3 is 9.64 Å². The first-order valence-corrected chi connectivity index (χ1v) is 8.86. The number of methoxy groups -OCH3 is 1. The molecule has 0 saturated carbocycles. The number of pyridine rings is 1. The Labute approximate surface area is 160 Å². The SMILES string of the molecule is COc1ccccc1/C=C/C(=O)N1CCc2nc3ccc(F)cn3c(=O)c2C1. The lowest BCUT2D eigenvalue weighted by Crippen LogP contribution is -2.39. The molecule has 0 fully saturated rings. The third-order valence-corrected chi connectivity index (χ3v) is 4.79. The maximum Gasteiger partial charge on any atom is 0.263 e. The number of aromatic nitrogens is 2. The van der Waals surface area contributed by atoms with Crippen LogP contribution in [0.25, 0.3) is 11.7 Å². The second kappa shape index (κ2) is 7.26. The Kier molecular flexibility index (Phi) is 4.65. The number of halogens is 1. The highest BCUT2D eigenvalue weighted by atomic mass is 19.1. The Morgan fingerprint density at radius 3 is 2.89 bits per heavy atom. The molecule has 0 atom stereocenters. The van der Waals surface area contributed by atoms with Crippen LogP contribution in [0.5, 0.6) is 5.75 Å². The molecule has 1 aromatic carbocycles. The highest BCUT2D eigenvalue weighted by Gasteiger charge is 2.24. The molecule has 7 heteroatoms. The fourth-order valence-corrected chi connectivity index (χ4v) is 3.33. The molecule has 1 aliphatic rings. The lowest BCUT2D eigenvalue weighted by molar-refractivity contribution is -0.126. The second-order valence-electron chi connectivity index (χ2n) is 6.50. The first-order valence-electron chi connectivity index (χ1n) is 8.86. The van der Waals surface area contributed by atoms with Crippen LogP contribution in [0.4, 0.5) is 4.39 Å². The maximum absolute atomic E-state index is 13.5. The third-order valence-electron chi connectivity index (χ3n) is 4.79. The smallest absolute Gasteiger partial charge is 0.263 e. The first kappa shape index (κ1) is 17.9. The summed E-state index contributed by atoms with van der Waals surface area (Å²) in [5, 5.41) is 0. The van der Waals surface area contributed by atoms with Crippen molar-refractivity contribution in [1.82, 2.24) is 14.3 Å². The monoisotopic (exact) mass is 379 g/mol. The molecule has 3 heterocycles. The number of carbonyl (C=O) groups is 1. The van der Waals surface area contributed by atoms with Gasteiger partial charge in [-0.1, -0.05) is 18.2 Å². The van der Waals surface area contributed by atoms with Crippen molar-refractivity contribution >= 4 is 17.6 Å². The minimum absolute atomic E-state index is 0.149. The van der Waals surface area contributed by atoms with Gasteiger partial charge in [0.2, 0.25) is 5.91 Å². The number of ether oxygens (including phenoxy) is 1. The quantitative estimate of drug-likeness (QED) is 0.656. The van der Waals surface area contributed by atoms with Crippen LogP contribution in [-0.2, 0) is 17.8 Å². The lowest BCUT2D eigenvalue weighted by Gasteiger charge is -2.27. The number of amides is 1. The second-order valence-corrected chi connectivity index (χ2v) is 6.50. The molecule has 0 unspecified atom stereocenters. The molecule has 2 aromatic heterocycles. The fourth-order valence-electron chi connectivity index (χ4n) is 3.33. The van der Waals surface area contributed by atoms with E-state index in [0.717, 1.165) is 11.8 Å². The van der Waals surface area contributed by atoms with Crippen molar-refractivity contribution in [3.8, 4) is 5.75 Å². The van der Waals surface area contributed by atoms with Crippen molar-refractivity contribution in [2.45, 2.75) is 13.0 Å². The number of benzene rings is 1. The van der Waals surface area contributed by atoms with E-state index in [4.69, 9.17) is 4.74 Å². The van der Waals surface area contributed by atoms with Gasteiger partial charge in [-0.3, -0.25) is 14.0 Å². The van der Waals surface area contributed by atoms with Crippen LogP contribution in [0, 0.1) is 5.82 Å². The summed E-state index contributed by atoms with van der Waals surface area (Å²) in [4.78, 5) is 31.4. The third kappa shape index (κ3) is 3.26. The minimum atomic E-state index is -0.514. The van der Waals surface area contributed by atoms with E-state index >= 15 is 0 Å². The van der Waals surface area contributed by atoms with Gasteiger partial charge in [0.25, 0.3) is 5.56 Å². The number of rotatable bonds is 3. The normalized spacial score (nSPS) is 13.7. The molecule has 142 valence electrons. The average molecular weight is 379 g/mol. The molecule has 0 aliphatic carbocycles. The number of fused-ring (bicyclic) bond motifs is 2. The highest BCUT2D eigenvalue weighted by molar-refractivity contribution is 5.92. The minimum Gasteiger partial charge on any atom is -0.496 e. The van der Waals surface area contributed by atoms with Gasteiger partial charge in [-0.2, -0.15) is 0 Å². The van der Waals surface area contributed by atoms with Gasteiger partial charge in [-0.05, 0) is 24.3 Å². The van der Waals surface area contributed by atoms with Gasteiger partial charge in [0.05, 0.1) is 24.9 Å². The van der Waals surface area contributed by atoms with E-state index in [1.54, 1.807) is 18.1 Å². The van der Waals surface area contributed by atoms with Crippen LogP contribution in [-0.4, -0.2) is 33.8 Å². The van der Waals surface area contributed by atoms with Crippen molar-refractivity contribution in [3.63, 3.8) is 0 Å². The highest BCUT2D eigenvalue weighted by Crippen LogP contribution is 2.20. The van der Waals surface area contributed by atoms with Crippen molar-refractivity contribution in [2.24, 2.45) is 0 Å². The predicted molar refractivity (Wildman–Crippen MR) is 103 cm³/mol. The summed E-state index contributed by atoms with van der Waals surface area (Å²) in [6.07, 6.45) is 4.76. The molecule has 28 heavy (non-hydrogen) atoms. The Morgan fingerprint density at radius 2 is 2.07 bits per heavy atom. The van der Waals surface area contributed by atoms with Crippen molar-refractivity contribution in [2.75, 3.05) is 13.7 Å². The van der Waals surface area contributed by atoms with E-state index in [2.05, 4.69) is 4.98 Å². The van der Waals surface area contributed by atoms with Crippen LogP contribution >= 0.6 is 0 Å². The number of carbonyl (C=O) groups excluding carboxylic acids is 1.